The molecule has 1 aromatic heterocycles. The second-order valence-electron chi connectivity index (χ2n) is 8.92. The lowest BCUT2D eigenvalue weighted by Crippen LogP contribution is -2.57. The molecule has 1 fully saturated rings. The molecule has 2 heterocycles. The highest BCUT2D eigenvalue weighted by atomic mass is 35.5. The minimum atomic E-state index is -1.23. The molecule has 34 heavy (non-hydrogen) atoms. The highest BCUT2D eigenvalue weighted by Crippen LogP contribution is 2.69. The number of imide groups is 1. The van der Waals surface area contributed by atoms with Crippen LogP contribution in [0.5, 0.6) is 0 Å². The minimum absolute atomic E-state index is 0.0834. The van der Waals surface area contributed by atoms with Crippen LogP contribution in [-0.4, -0.2) is 34.3 Å². The maximum Gasteiger partial charge on any atom is 0.235 e. The highest BCUT2D eigenvalue weighted by Gasteiger charge is 2.72. The summed E-state index contributed by atoms with van der Waals surface area (Å²) in [6.07, 6.45) is -0.0900. The second-order valence-corrected chi connectivity index (χ2v) is 10.1. The van der Waals surface area contributed by atoms with E-state index in [1.807, 2.05) is 48.5 Å². The summed E-state index contributed by atoms with van der Waals surface area (Å²) in [6, 6.07) is 16.5. The predicted octanol–water partition coefficient (Wildman–Crippen LogP) is 3.90. The first-order valence-corrected chi connectivity index (χ1v) is 11.7. The van der Waals surface area contributed by atoms with Gasteiger partial charge in [0.15, 0.2) is 5.82 Å². The fourth-order valence-corrected chi connectivity index (χ4v) is 6.89. The normalized spacial score (nSPS) is 28.5. The Morgan fingerprint density at radius 3 is 1.85 bits per heavy atom. The van der Waals surface area contributed by atoms with Crippen LogP contribution in [0.3, 0.4) is 0 Å². The quantitative estimate of drug-likeness (QED) is 0.437. The molecule has 3 amide bonds. The van der Waals surface area contributed by atoms with E-state index in [2.05, 4.69) is 10.5 Å². The van der Waals surface area contributed by atoms with Gasteiger partial charge < -0.3 is 9.84 Å². The van der Waals surface area contributed by atoms with Crippen molar-refractivity contribution in [3.05, 3.63) is 82.6 Å². The maximum atomic E-state index is 13.7. The molecule has 0 saturated carbocycles. The first-order valence-electron chi connectivity index (χ1n) is 10.9. The molecule has 2 atom stereocenters. The van der Waals surface area contributed by atoms with Gasteiger partial charge in [0, 0.05) is 19.0 Å². The number of anilines is 1. The van der Waals surface area contributed by atoms with E-state index in [0.717, 1.165) is 27.2 Å². The number of nitrogens with one attached hydrogen (secondary N) is 1. The van der Waals surface area contributed by atoms with Crippen molar-refractivity contribution in [3.8, 4) is 0 Å². The Morgan fingerprint density at radius 2 is 1.44 bits per heavy atom. The zero-order valence-electron chi connectivity index (χ0n) is 18.0. The van der Waals surface area contributed by atoms with Crippen LogP contribution >= 0.6 is 23.2 Å². The lowest BCUT2D eigenvalue weighted by molar-refractivity contribution is -0.140. The Labute approximate surface area is 205 Å². The molecule has 2 aromatic carbocycles. The van der Waals surface area contributed by atoms with Crippen molar-refractivity contribution >= 4 is 46.7 Å². The molecule has 3 aromatic rings. The minimum Gasteiger partial charge on any atom is -0.360 e. The van der Waals surface area contributed by atoms with Gasteiger partial charge in [-0.3, -0.25) is 19.3 Å². The Kier molecular flexibility index (Phi) is 4.51. The number of benzene rings is 2. The number of halogens is 2. The number of carbonyl (C=O) groups excluding carboxylic acids is 3. The molecule has 172 valence electrons. The molecule has 7 nitrogen and oxygen atoms in total. The molecule has 0 spiro atoms. The zero-order valence-corrected chi connectivity index (χ0v) is 19.6. The molecule has 9 heteroatoms. The number of alkyl halides is 2. The van der Waals surface area contributed by atoms with Gasteiger partial charge >= 0.3 is 0 Å². The number of nitrogens with zero attached hydrogens (tertiary/aromatic N) is 2. The number of hydrogen-bond donors (Lipinski definition) is 1. The van der Waals surface area contributed by atoms with Crippen molar-refractivity contribution in [2.75, 3.05) is 11.9 Å². The molecule has 1 saturated heterocycles. The van der Waals surface area contributed by atoms with Crippen LogP contribution in [0.15, 0.2) is 59.1 Å². The van der Waals surface area contributed by atoms with Gasteiger partial charge in [0.25, 0.3) is 0 Å². The number of aryl methyl sites for hydroxylation is 1. The van der Waals surface area contributed by atoms with E-state index in [1.165, 1.54) is 0 Å². The number of hydrogen-bond acceptors (Lipinski definition) is 5. The van der Waals surface area contributed by atoms with E-state index in [1.54, 1.807) is 13.0 Å². The second kappa shape index (κ2) is 7.17. The Hall–Kier alpha value is -3.16. The van der Waals surface area contributed by atoms with Gasteiger partial charge in [0.05, 0.1) is 11.8 Å². The van der Waals surface area contributed by atoms with Gasteiger partial charge in [0.2, 0.25) is 17.7 Å². The smallest absolute Gasteiger partial charge is 0.235 e. The molecule has 4 aliphatic rings. The maximum absolute atomic E-state index is 13.7. The third-order valence-electron chi connectivity index (χ3n) is 7.13. The molecule has 0 unspecified atom stereocenters. The first kappa shape index (κ1) is 21.4. The molecular weight excluding hydrogens is 477 g/mol. The van der Waals surface area contributed by atoms with Gasteiger partial charge in [-0.15, -0.1) is 23.2 Å². The standard InChI is InChI=1S/C25H19Cl2N3O4/c1-13-12-18(29-34-13)28-19(31)10-11-30-22(32)20-21(23(30)33)25(27)15-7-3-2-6-14(15)24(20,26)16-8-4-5-9-17(16)25/h2-9,12,20-21H,10-11H2,1H3,(H,28,29,31)/t20-,21-,24?,25?/m0/s1. The van der Waals surface area contributed by atoms with Crippen LogP contribution in [-0.2, 0) is 24.1 Å². The zero-order chi connectivity index (χ0) is 23.8. The van der Waals surface area contributed by atoms with Crippen molar-refractivity contribution < 1.29 is 18.9 Å². The summed E-state index contributed by atoms with van der Waals surface area (Å²) in [4.78, 5) is 38.5. The SMILES string of the molecule is Cc1cc(NC(=O)CCN2C(=O)[C@@H]3[C@@H](C2=O)C2(Cl)c4ccccc4C3(Cl)c3ccccc32)no1. The number of amides is 3. The number of likely N-dealkylation sites (tertiary alicyclic amines) is 1. The van der Waals surface area contributed by atoms with E-state index in [-0.39, 0.29) is 24.7 Å². The lowest BCUT2D eigenvalue weighted by atomic mass is 9.54. The molecule has 0 radical (unpaired) electrons. The largest absolute Gasteiger partial charge is 0.360 e. The van der Waals surface area contributed by atoms with Gasteiger partial charge in [-0.2, -0.15) is 0 Å². The summed E-state index contributed by atoms with van der Waals surface area (Å²) in [5.41, 5.74) is 2.98. The Morgan fingerprint density at radius 1 is 0.971 bits per heavy atom. The summed E-state index contributed by atoms with van der Waals surface area (Å²) >= 11 is 14.7. The summed E-state index contributed by atoms with van der Waals surface area (Å²) in [7, 11) is 0. The Bertz CT molecular complexity index is 1260. The molecule has 2 bridgehead atoms. The van der Waals surface area contributed by atoms with E-state index in [9.17, 15) is 14.4 Å². The Balaban J connectivity index is 1.37. The van der Waals surface area contributed by atoms with Crippen LogP contribution in [0.1, 0.15) is 34.4 Å². The third-order valence-corrected chi connectivity index (χ3v) is 8.42. The number of aromatic nitrogens is 1. The van der Waals surface area contributed by atoms with Crippen LogP contribution in [0.25, 0.3) is 0 Å². The molecule has 7 rings (SSSR count). The van der Waals surface area contributed by atoms with Crippen molar-refractivity contribution in [2.24, 2.45) is 11.8 Å². The molecular formula is C25H19Cl2N3O4. The third kappa shape index (κ3) is 2.59. The van der Waals surface area contributed by atoms with Gasteiger partial charge in [-0.1, -0.05) is 53.7 Å². The van der Waals surface area contributed by atoms with Crippen molar-refractivity contribution in [3.63, 3.8) is 0 Å². The van der Waals surface area contributed by atoms with E-state index in [4.69, 9.17) is 27.7 Å². The van der Waals surface area contributed by atoms with Crippen LogP contribution < -0.4 is 5.32 Å². The summed E-state index contributed by atoms with van der Waals surface area (Å²) in [6.45, 7) is 1.63. The monoisotopic (exact) mass is 495 g/mol. The van der Waals surface area contributed by atoms with E-state index < -0.39 is 33.4 Å². The average molecular weight is 496 g/mol. The number of rotatable bonds is 4. The van der Waals surface area contributed by atoms with Gasteiger partial charge in [0.1, 0.15) is 15.5 Å². The van der Waals surface area contributed by atoms with E-state index in [0.29, 0.717) is 5.76 Å². The highest BCUT2D eigenvalue weighted by molar-refractivity contribution is 6.36. The van der Waals surface area contributed by atoms with Crippen molar-refractivity contribution in [1.29, 1.82) is 0 Å². The summed E-state index contributed by atoms with van der Waals surface area (Å²) in [5, 5.41) is 6.33. The first-order chi connectivity index (χ1) is 16.3. The average Bonchev–Trinajstić information content (AvgIpc) is 3.36. The topological polar surface area (TPSA) is 92.5 Å². The molecule has 3 aliphatic carbocycles. The predicted molar refractivity (Wildman–Crippen MR) is 124 cm³/mol. The lowest BCUT2D eigenvalue weighted by Gasteiger charge is -2.54. The number of carbonyl (C=O) groups is 3. The van der Waals surface area contributed by atoms with Crippen LogP contribution in [0, 0.1) is 18.8 Å². The van der Waals surface area contributed by atoms with Gasteiger partial charge in [-0.05, 0) is 29.2 Å². The fraction of sp³-hybridized carbons (Fsp3) is 0.280. The molecule has 1 N–H and O–H groups in total. The van der Waals surface area contributed by atoms with Crippen molar-refractivity contribution in [2.45, 2.75) is 23.1 Å². The van der Waals surface area contributed by atoms with Crippen LogP contribution in [0.2, 0.25) is 0 Å². The van der Waals surface area contributed by atoms with E-state index >= 15 is 0 Å². The summed E-state index contributed by atoms with van der Waals surface area (Å²) in [5.74, 6) is -2.12. The molecule has 1 aliphatic heterocycles. The van der Waals surface area contributed by atoms with Crippen molar-refractivity contribution in [1.82, 2.24) is 10.1 Å². The van der Waals surface area contributed by atoms with Gasteiger partial charge in [-0.25, -0.2) is 0 Å². The fourth-order valence-electron chi connectivity index (χ4n) is 5.79. The van der Waals surface area contributed by atoms with Crippen LogP contribution in [0.4, 0.5) is 5.82 Å². The summed E-state index contributed by atoms with van der Waals surface area (Å²) < 4.78 is 4.94.